The van der Waals surface area contributed by atoms with Crippen LogP contribution in [0, 0.1) is 0 Å². The van der Waals surface area contributed by atoms with Crippen LogP contribution in [-0.2, 0) is 17.9 Å². The molecule has 236 valence electrons. The average molecular weight is 658 g/mol. The molecule has 1 aliphatic heterocycles. The molecule has 3 aromatic heterocycles. The Balaban J connectivity index is 1.25. The summed E-state index contributed by atoms with van der Waals surface area (Å²) in [7, 11) is 1.60. The van der Waals surface area contributed by atoms with Crippen molar-refractivity contribution in [1.29, 1.82) is 0 Å². The van der Waals surface area contributed by atoms with Crippen LogP contribution in [0.4, 0.5) is 0 Å². The number of carbonyl (C=O) groups excluding carboxylic acids is 1. The predicted molar refractivity (Wildman–Crippen MR) is 182 cm³/mol. The second kappa shape index (κ2) is 14.5. The van der Waals surface area contributed by atoms with Gasteiger partial charge in [-0.2, -0.15) is 0 Å². The lowest BCUT2D eigenvalue weighted by molar-refractivity contribution is -0.119. The van der Waals surface area contributed by atoms with Crippen molar-refractivity contribution in [2.45, 2.75) is 32.0 Å². The number of aromatic nitrogens is 3. The van der Waals surface area contributed by atoms with E-state index in [0.29, 0.717) is 59.9 Å². The summed E-state index contributed by atoms with van der Waals surface area (Å²) in [5.74, 6) is 0.607. The van der Waals surface area contributed by atoms with Crippen LogP contribution in [0.25, 0.3) is 44.5 Å². The highest BCUT2D eigenvalue weighted by molar-refractivity contribution is 6.39. The largest absolute Gasteiger partial charge is 0.481 e. The van der Waals surface area contributed by atoms with Gasteiger partial charge in [0.05, 0.1) is 40.7 Å². The highest BCUT2D eigenvalue weighted by Crippen LogP contribution is 2.42. The molecule has 9 nitrogen and oxygen atoms in total. The van der Waals surface area contributed by atoms with Crippen LogP contribution >= 0.6 is 23.2 Å². The molecule has 1 amide bonds. The first kappa shape index (κ1) is 31.8. The van der Waals surface area contributed by atoms with Crippen molar-refractivity contribution < 1.29 is 14.6 Å². The van der Waals surface area contributed by atoms with Crippen LogP contribution in [0.5, 0.6) is 5.88 Å². The van der Waals surface area contributed by atoms with E-state index < -0.39 is 0 Å². The number of hydrogen-bond acceptors (Lipinski definition) is 8. The summed E-state index contributed by atoms with van der Waals surface area (Å²) in [6.45, 7) is 2.46. The number of amides is 1. The van der Waals surface area contributed by atoms with Crippen molar-refractivity contribution >= 4 is 40.0 Å². The maximum Gasteiger partial charge on any atom is 0.220 e. The fourth-order valence-electron chi connectivity index (χ4n) is 5.64. The number of methoxy groups -OCH3 is 1. The molecule has 46 heavy (non-hydrogen) atoms. The molecule has 1 saturated heterocycles. The number of rotatable bonds is 12. The van der Waals surface area contributed by atoms with E-state index in [1.165, 1.54) is 0 Å². The Kier molecular flexibility index (Phi) is 10.1. The van der Waals surface area contributed by atoms with Crippen LogP contribution in [0.2, 0.25) is 10.0 Å². The van der Waals surface area contributed by atoms with Crippen molar-refractivity contribution in [1.82, 2.24) is 30.9 Å². The molecule has 1 fully saturated rings. The summed E-state index contributed by atoms with van der Waals surface area (Å²) in [5, 5.41) is 20.5. The number of ether oxygens (including phenoxy) is 1. The zero-order valence-corrected chi connectivity index (χ0v) is 26.8. The Morgan fingerprint density at radius 1 is 0.913 bits per heavy atom. The maximum absolute atomic E-state index is 11.5. The molecule has 0 spiro atoms. The number of benzene rings is 2. The van der Waals surface area contributed by atoms with E-state index in [2.05, 4.69) is 20.9 Å². The maximum atomic E-state index is 11.5. The lowest BCUT2D eigenvalue weighted by Crippen LogP contribution is -2.35. The van der Waals surface area contributed by atoms with E-state index in [9.17, 15) is 4.79 Å². The van der Waals surface area contributed by atoms with Crippen LogP contribution in [0.3, 0.4) is 0 Å². The van der Waals surface area contributed by atoms with E-state index in [4.69, 9.17) is 43.0 Å². The normalized spacial score (nSPS) is 14.5. The third kappa shape index (κ3) is 6.99. The zero-order valence-electron chi connectivity index (χ0n) is 25.3. The molecule has 0 bridgehead atoms. The van der Waals surface area contributed by atoms with Gasteiger partial charge < -0.3 is 25.8 Å². The minimum atomic E-state index is 0.0860. The molecule has 4 heterocycles. The first-order valence-electron chi connectivity index (χ1n) is 15.1. The number of aliphatic hydroxyl groups is 1. The Hall–Kier alpha value is -4.12. The number of nitrogens with zero attached hydrogens (tertiary/aromatic N) is 3. The number of aliphatic hydroxyl groups excluding tert-OH is 1. The Morgan fingerprint density at radius 3 is 2.35 bits per heavy atom. The summed E-state index contributed by atoms with van der Waals surface area (Å²) in [4.78, 5) is 25.6. The fourth-order valence-corrected chi connectivity index (χ4v) is 6.29. The van der Waals surface area contributed by atoms with E-state index in [0.717, 1.165) is 50.7 Å². The smallest absolute Gasteiger partial charge is 0.220 e. The van der Waals surface area contributed by atoms with E-state index in [1.807, 2.05) is 66.9 Å². The van der Waals surface area contributed by atoms with E-state index in [1.54, 1.807) is 13.3 Å². The predicted octanol–water partition coefficient (Wildman–Crippen LogP) is 5.79. The van der Waals surface area contributed by atoms with Gasteiger partial charge in [-0.3, -0.25) is 14.8 Å². The molecule has 2 aromatic carbocycles. The Labute approximate surface area is 277 Å². The van der Waals surface area contributed by atoms with Gasteiger partial charge in [0.2, 0.25) is 11.8 Å². The third-order valence-electron chi connectivity index (χ3n) is 8.00. The Morgan fingerprint density at radius 2 is 1.65 bits per heavy atom. The van der Waals surface area contributed by atoms with Gasteiger partial charge in [-0.05, 0) is 30.2 Å². The second-order valence-corrected chi connectivity index (χ2v) is 11.9. The molecule has 0 unspecified atom stereocenters. The van der Waals surface area contributed by atoms with Crippen molar-refractivity contribution in [2.24, 2.45) is 0 Å². The van der Waals surface area contributed by atoms with E-state index in [-0.39, 0.29) is 18.6 Å². The van der Waals surface area contributed by atoms with Gasteiger partial charge in [-0.1, -0.05) is 65.7 Å². The van der Waals surface area contributed by atoms with Crippen LogP contribution in [0.1, 0.15) is 24.0 Å². The summed E-state index contributed by atoms with van der Waals surface area (Å²) in [6.07, 6.45) is 5.04. The number of halogens is 2. The highest BCUT2D eigenvalue weighted by Gasteiger charge is 2.21. The number of nitrogens with one attached hydrogen (secondary N) is 3. The molecule has 6 rings (SSSR count). The number of hydrogen-bond donors (Lipinski definition) is 4. The number of carbonyl (C=O) groups is 1. The van der Waals surface area contributed by atoms with Gasteiger partial charge in [0.25, 0.3) is 0 Å². The molecule has 1 aliphatic rings. The summed E-state index contributed by atoms with van der Waals surface area (Å²) in [5.41, 5.74) is 7.18. The number of pyridine rings is 3. The van der Waals surface area contributed by atoms with Gasteiger partial charge in [0.15, 0.2) is 0 Å². The van der Waals surface area contributed by atoms with Crippen molar-refractivity contribution in [3.05, 3.63) is 94.2 Å². The molecular weight excluding hydrogens is 623 g/mol. The van der Waals surface area contributed by atoms with Gasteiger partial charge in [-0.15, -0.1) is 0 Å². The third-order valence-corrected chi connectivity index (χ3v) is 8.82. The van der Waals surface area contributed by atoms with Crippen molar-refractivity contribution in [3.63, 3.8) is 0 Å². The van der Waals surface area contributed by atoms with Crippen LogP contribution in [0.15, 0.2) is 73.1 Å². The monoisotopic (exact) mass is 656 g/mol. The molecular formula is C35H34Cl2N6O3. The lowest BCUT2D eigenvalue weighted by Gasteiger charge is -2.15. The molecule has 0 aliphatic carbocycles. The average Bonchev–Trinajstić information content (AvgIpc) is 3.49. The fraction of sp³-hybridized carbons (Fsp3) is 0.257. The molecule has 11 heteroatoms. The highest BCUT2D eigenvalue weighted by atomic mass is 35.5. The van der Waals surface area contributed by atoms with Crippen molar-refractivity contribution in [3.8, 4) is 39.5 Å². The first-order chi connectivity index (χ1) is 22.4. The molecule has 5 aromatic rings. The SMILES string of the molecule is COc1nc(-c2cccc(-c3cccc(-c4cc5ncc(CNCCO)cc5cn4)c3Cl)c2Cl)ccc1CNC[C@@H]1CCC(=O)N1. The van der Waals surface area contributed by atoms with Crippen LogP contribution in [-0.4, -0.2) is 58.8 Å². The summed E-state index contributed by atoms with van der Waals surface area (Å²) in [6, 6.07) is 19.6. The standard InChI is InChI=1S/C35H34Cl2N6O3/c1-46-35-22(18-39-20-24-9-11-32(45)42-24)8-10-29(43-35)27-6-2-4-25(33(27)36)26-5-3-7-28(34(26)37)31-15-30-23(19-41-31)14-21(17-40-30)16-38-12-13-44/h2-8,10,14-15,17,19,24,38-39,44H,9,11-13,16,18,20H2,1H3,(H,42,45)/t24-/m0/s1. The molecule has 0 saturated carbocycles. The van der Waals surface area contributed by atoms with Crippen LogP contribution < -0.4 is 20.7 Å². The second-order valence-electron chi connectivity index (χ2n) is 11.1. The first-order valence-corrected chi connectivity index (χ1v) is 15.9. The number of fused-ring (bicyclic) bond motifs is 1. The quantitative estimate of drug-likeness (QED) is 0.125. The topological polar surface area (TPSA) is 121 Å². The summed E-state index contributed by atoms with van der Waals surface area (Å²) < 4.78 is 5.64. The van der Waals surface area contributed by atoms with Gasteiger partial charge in [0, 0.05) is 84.2 Å². The van der Waals surface area contributed by atoms with Crippen molar-refractivity contribution in [2.75, 3.05) is 26.8 Å². The minimum absolute atomic E-state index is 0.0860. The molecule has 4 N–H and O–H groups in total. The molecule has 1 atom stereocenters. The van der Waals surface area contributed by atoms with Gasteiger partial charge in [0.1, 0.15) is 0 Å². The minimum Gasteiger partial charge on any atom is -0.481 e. The molecule has 0 radical (unpaired) electrons. The Bertz CT molecular complexity index is 1890. The van der Waals surface area contributed by atoms with E-state index >= 15 is 0 Å². The lowest BCUT2D eigenvalue weighted by atomic mass is 9.98. The van der Waals surface area contributed by atoms with Gasteiger partial charge in [-0.25, -0.2) is 4.98 Å². The zero-order chi connectivity index (χ0) is 32.0. The summed E-state index contributed by atoms with van der Waals surface area (Å²) >= 11 is 14.1. The van der Waals surface area contributed by atoms with Gasteiger partial charge >= 0.3 is 0 Å².